The van der Waals surface area contributed by atoms with Crippen LogP contribution in [0.3, 0.4) is 0 Å². The number of rotatable bonds is 5. The van der Waals surface area contributed by atoms with E-state index in [1.54, 1.807) is 0 Å². The number of nitrogens with zero attached hydrogens (tertiary/aromatic N) is 1. The van der Waals surface area contributed by atoms with Crippen LogP contribution in [0.2, 0.25) is 0 Å². The average Bonchev–Trinajstić information content (AvgIpc) is 3.29. The Labute approximate surface area is 124 Å². The highest BCUT2D eigenvalue weighted by Gasteiger charge is 2.30. The van der Waals surface area contributed by atoms with Crippen LogP contribution >= 0.6 is 0 Å². The molecule has 4 rings (SSSR count). The molecule has 0 bridgehead atoms. The van der Waals surface area contributed by atoms with E-state index in [9.17, 15) is 4.79 Å². The predicted octanol–water partition coefficient (Wildman–Crippen LogP) is 3.19. The number of anilines is 1. The van der Waals surface area contributed by atoms with Gasteiger partial charge in [-0.15, -0.1) is 0 Å². The van der Waals surface area contributed by atoms with Gasteiger partial charge in [0, 0.05) is 23.5 Å². The van der Waals surface area contributed by atoms with E-state index in [0.717, 1.165) is 41.2 Å². The first-order chi connectivity index (χ1) is 10.2. The molecule has 1 fully saturated rings. The summed E-state index contributed by atoms with van der Waals surface area (Å²) < 4.78 is 0. The van der Waals surface area contributed by atoms with Crippen LogP contribution in [0.1, 0.15) is 30.1 Å². The van der Waals surface area contributed by atoms with E-state index in [1.807, 2.05) is 23.1 Å². The van der Waals surface area contributed by atoms with E-state index in [0.29, 0.717) is 5.92 Å². The molecular weight excluding hydrogens is 260 g/mol. The number of hydrogen-bond acceptors (Lipinski definition) is 2. The fraction of sp³-hybridized carbons (Fsp3) is 0.389. The minimum atomic E-state index is 0.153. The molecular formula is C18H20N2O. The normalized spacial score (nSPS) is 18.5. The Bertz CT molecular complexity index is 700. The van der Waals surface area contributed by atoms with Crippen molar-refractivity contribution in [2.24, 2.45) is 5.92 Å². The van der Waals surface area contributed by atoms with Gasteiger partial charge in [0.1, 0.15) is 0 Å². The van der Waals surface area contributed by atoms with E-state index in [2.05, 4.69) is 30.4 Å². The molecule has 21 heavy (non-hydrogen) atoms. The Kier molecular flexibility index (Phi) is 2.96. The van der Waals surface area contributed by atoms with Gasteiger partial charge in [-0.2, -0.15) is 0 Å². The van der Waals surface area contributed by atoms with E-state index in [4.69, 9.17) is 0 Å². The Hall–Kier alpha value is -1.87. The van der Waals surface area contributed by atoms with Gasteiger partial charge in [-0.25, -0.2) is 0 Å². The summed E-state index contributed by atoms with van der Waals surface area (Å²) in [6, 6.07) is 12.9. The van der Waals surface area contributed by atoms with Crippen molar-refractivity contribution in [3.8, 4) is 0 Å². The smallest absolute Gasteiger partial charge is 0.259 e. The fourth-order valence-corrected chi connectivity index (χ4v) is 3.19. The second kappa shape index (κ2) is 4.85. The van der Waals surface area contributed by atoms with Crippen LogP contribution in [0.15, 0.2) is 36.4 Å². The predicted molar refractivity (Wildman–Crippen MR) is 85.8 cm³/mol. The van der Waals surface area contributed by atoms with E-state index < -0.39 is 0 Å². The summed E-state index contributed by atoms with van der Waals surface area (Å²) in [4.78, 5) is 14.6. The number of amides is 1. The van der Waals surface area contributed by atoms with Crippen LogP contribution in [-0.2, 0) is 0 Å². The van der Waals surface area contributed by atoms with Gasteiger partial charge in [0.2, 0.25) is 0 Å². The van der Waals surface area contributed by atoms with Gasteiger partial charge < -0.3 is 10.2 Å². The third kappa shape index (κ3) is 2.22. The van der Waals surface area contributed by atoms with Crippen LogP contribution in [0, 0.1) is 5.92 Å². The summed E-state index contributed by atoms with van der Waals surface area (Å²) in [5.41, 5.74) is 1.93. The Morgan fingerprint density at radius 3 is 2.76 bits per heavy atom. The van der Waals surface area contributed by atoms with Crippen LogP contribution in [0.25, 0.3) is 10.8 Å². The van der Waals surface area contributed by atoms with Crippen molar-refractivity contribution in [3.63, 3.8) is 0 Å². The number of carbonyl (C=O) groups excluding carboxylic acids is 1. The van der Waals surface area contributed by atoms with Gasteiger partial charge in [-0.05, 0) is 42.8 Å². The summed E-state index contributed by atoms with van der Waals surface area (Å²) in [7, 11) is 0. The standard InChI is InChI=1S/C18H20N2O/c1-12(10-19-14-8-9-14)11-20-16-7-3-5-13-4-2-6-15(17(13)16)18(20)21/h2-7,12,14,19H,8-11H2,1H3. The molecule has 1 aliphatic heterocycles. The molecule has 1 amide bonds. The third-order valence-corrected chi connectivity index (χ3v) is 4.48. The van der Waals surface area contributed by atoms with Crippen molar-refractivity contribution in [1.29, 1.82) is 0 Å². The van der Waals surface area contributed by atoms with Gasteiger partial charge in [0.05, 0.1) is 5.69 Å². The molecule has 1 N–H and O–H groups in total. The number of hydrogen-bond donors (Lipinski definition) is 1. The molecule has 2 aromatic carbocycles. The fourth-order valence-electron chi connectivity index (χ4n) is 3.19. The highest BCUT2D eigenvalue weighted by Crippen LogP contribution is 2.37. The first-order valence-corrected chi connectivity index (χ1v) is 7.81. The Morgan fingerprint density at radius 1 is 1.24 bits per heavy atom. The average molecular weight is 280 g/mol. The summed E-state index contributed by atoms with van der Waals surface area (Å²) in [5, 5.41) is 5.83. The number of carbonyl (C=O) groups is 1. The molecule has 1 saturated carbocycles. The van der Waals surface area contributed by atoms with Gasteiger partial charge in [-0.3, -0.25) is 4.79 Å². The molecule has 1 atom stereocenters. The van der Waals surface area contributed by atoms with E-state index in [1.165, 1.54) is 12.8 Å². The van der Waals surface area contributed by atoms with E-state index >= 15 is 0 Å². The molecule has 0 spiro atoms. The Balaban J connectivity index is 1.59. The largest absolute Gasteiger partial charge is 0.314 e. The van der Waals surface area contributed by atoms with Gasteiger partial charge in [0.15, 0.2) is 0 Å². The van der Waals surface area contributed by atoms with Gasteiger partial charge in [-0.1, -0.05) is 31.2 Å². The second-order valence-electron chi connectivity index (χ2n) is 6.38. The molecule has 0 saturated heterocycles. The van der Waals surface area contributed by atoms with Crippen LogP contribution < -0.4 is 10.2 Å². The third-order valence-electron chi connectivity index (χ3n) is 4.48. The first kappa shape index (κ1) is 12.8. The molecule has 108 valence electrons. The zero-order chi connectivity index (χ0) is 14.4. The maximum Gasteiger partial charge on any atom is 0.259 e. The maximum atomic E-state index is 12.7. The van der Waals surface area contributed by atoms with Crippen molar-refractivity contribution >= 4 is 22.4 Å². The number of benzene rings is 2. The lowest BCUT2D eigenvalue weighted by atomic mass is 10.1. The second-order valence-corrected chi connectivity index (χ2v) is 6.38. The lowest BCUT2D eigenvalue weighted by Crippen LogP contribution is -2.35. The Morgan fingerprint density at radius 2 is 2.00 bits per heavy atom. The van der Waals surface area contributed by atoms with Crippen molar-refractivity contribution < 1.29 is 4.79 Å². The first-order valence-electron chi connectivity index (χ1n) is 7.81. The zero-order valence-electron chi connectivity index (χ0n) is 12.3. The summed E-state index contributed by atoms with van der Waals surface area (Å²) >= 11 is 0. The molecule has 1 unspecified atom stereocenters. The highest BCUT2D eigenvalue weighted by molar-refractivity contribution is 6.24. The topological polar surface area (TPSA) is 32.3 Å². The SMILES string of the molecule is CC(CNC1CC1)CN1C(=O)c2cccc3cccc1c23. The summed E-state index contributed by atoms with van der Waals surface area (Å²) in [5.74, 6) is 0.610. The van der Waals surface area contributed by atoms with Crippen LogP contribution in [0.5, 0.6) is 0 Å². The van der Waals surface area contributed by atoms with Gasteiger partial charge >= 0.3 is 0 Å². The molecule has 1 aliphatic carbocycles. The molecule has 3 heteroatoms. The molecule has 1 heterocycles. The van der Waals surface area contributed by atoms with Crippen LogP contribution in [0.4, 0.5) is 5.69 Å². The molecule has 3 nitrogen and oxygen atoms in total. The van der Waals surface area contributed by atoms with Gasteiger partial charge in [0.25, 0.3) is 5.91 Å². The lowest BCUT2D eigenvalue weighted by molar-refractivity contribution is 0.0989. The van der Waals surface area contributed by atoms with E-state index in [-0.39, 0.29) is 5.91 Å². The molecule has 0 radical (unpaired) electrons. The molecule has 2 aliphatic rings. The molecule has 2 aromatic rings. The monoisotopic (exact) mass is 280 g/mol. The van der Waals surface area contributed by atoms with Crippen molar-refractivity contribution in [2.75, 3.05) is 18.0 Å². The zero-order valence-corrected chi connectivity index (χ0v) is 12.3. The van der Waals surface area contributed by atoms with Crippen molar-refractivity contribution in [3.05, 3.63) is 42.0 Å². The highest BCUT2D eigenvalue weighted by atomic mass is 16.2. The summed E-state index contributed by atoms with van der Waals surface area (Å²) in [6.45, 7) is 3.99. The van der Waals surface area contributed by atoms with Crippen LogP contribution in [-0.4, -0.2) is 25.0 Å². The lowest BCUT2D eigenvalue weighted by Gasteiger charge is -2.22. The minimum absolute atomic E-state index is 0.153. The quantitative estimate of drug-likeness (QED) is 0.912. The number of nitrogens with one attached hydrogen (secondary N) is 1. The summed E-state index contributed by atoms with van der Waals surface area (Å²) in [6.07, 6.45) is 2.61. The maximum absolute atomic E-state index is 12.7. The van der Waals surface area contributed by atoms with Crippen molar-refractivity contribution in [1.82, 2.24) is 5.32 Å². The minimum Gasteiger partial charge on any atom is -0.314 e. The molecule has 0 aromatic heterocycles. The van der Waals surface area contributed by atoms with Crippen molar-refractivity contribution in [2.45, 2.75) is 25.8 Å².